The summed E-state index contributed by atoms with van der Waals surface area (Å²) in [6.45, 7) is 3.01. The molecule has 0 bridgehead atoms. The summed E-state index contributed by atoms with van der Waals surface area (Å²) in [6, 6.07) is 7.13. The van der Waals surface area contributed by atoms with Gasteiger partial charge in [0, 0.05) is 0 Å². The molecule has 1 aromatic carbocycles. The van der Waals surface area contributed by atoms with Gasteiger partial charge >= 0.3 is 5.97 Å². The van der Waals surface area contributed by atoms with Crippen molar-refractivity contribution in [3.05, 3.63) is 42.0 Å². The Morgan fingerprint density at radius 3 is 1.83 bits per heavy atom. The van der Waals surface area contributed by atoms with Gasteiger partial charge in [-0.1, -0.05) is 76.9 Å². The lowest BCUT2D eigenvalue weighted by molar-refractivity contribution is 0.0600. The summed E-state index contributed by atoms with van der Waals surface area (Å²) in [6.07, 6.45) is 23.1. The number of benzene rings is 1. The maximum atomic E-state index is 11.4. The van der Waals surface area contributed by atoms with Crippen molar-refractivity contribution < 1.29 is 14.3 Å². The first-order chi connectivity index (χ1) is 14.3. The van der Waals surface area contributed by atoms with Gasteiger partial charge in [0.25, 0.3) is 0 Å². The molecule has 0 aliphatic heterocycles. The van der Waals surface area contributed by atoms with Gasteiger partial charge in [0.05, 0.1) is 19.3 Å². The SMILES string of the molecule is CCCCCCCC/C=C/CCCCCCCCOc1ccc(C(=O)OC)cc1. The Bertz CT molecular complexity index is 533. The van der Waals surface area contributed by atoms with Crippen molar-refractivity contribution in [1.29, 1.82) is 0 Å². The van der Waals surface area contributed by atoms with Crippen molar-refractivity contribution in [3.8, 4) is 5.75 Å². The van der Waals surface area contributed by atoms with Crippen LogP contribution in [0.2, 0.25) is 0 Å². The Morgan fingerprint density at radius 2 is 1.28 bits per heavy atom. The van der Waals surface area contributed by atoms with Gasteiger partial charge in [0.2, 0.25) is 0 Å². The van der Waals surface area contributed by atoms with E-state index in [-0.39, 0.29) is 5.97 Å². The molecule has 0 radical (unpaired) electrons. The molecule has 0 spiro atoms. The standard InChI is InChI=1S/C26H42O3/c1-3-4-5-6-7-8-9-10-11-12-13-14-15-16-17-18-23-29-25-21-19-24(20-22-25)26(27)28-2/h10-11,19-22H,3-9,12-18,23H2,1-2H3/b11-10+. The van der Waals surface area contributed by atoms with Crippen molar-refractivity contribution in [2.75, 3.05) is 13.7 Å². The highest BCUT2D eigenvalue weighted by molar-refractivity contribution is 5.89. The van der Waals surface area contributed by atoms with Crippen LogP contribution in [0.15, 0.2) is 36.4 Å². The smallest absolute Gasteiger partial charge is 0.337 e. The van der Waals surface area contributed by atoms with Crippen molar-refractivity contribution in [2.45, 2.75) is 96.8 Å². The second kappa shape index (κ2) is 18.3. The molecule has 0 N–H and O–H groups in total. The van der Waals surface area contributed by atoms with E-state index >= 15 is 0 Å². The molecule has 0 heterocycles. The Hall–Kier alpha value is -1.77. The number of hydrogen-bond donors (Lipinski definition) is 0. The van der Waals surface area contributed by atoms with Gasteiger partial charge in [-0.3, -0.25) is 0 Å². The molecule has 1 aromatic rings. The van der Waals surface area contributed by atoms with Gasteiger partial charge < -0.3 is 9.47 Å². The fourth-order valence-corrected chi connectivity index (χ4v) is 3.34. The summed E-state index contributed by atoms with van der Waals surface area (Å²) in [4.78, 5) is 11.4. The summed E-state index contributed by atoms with van der Waals surface area (Å²) in [5.74, 6) is 0.496. The maximum Gasteiger partial charge on any atom is 0.337 e. The zero-order chi connectivity index (χ0) is 21.0. The van der Waals surface area contributed by atoms with Crippen LogP contribution in [-0.4, -0.2) is 19.7 Å². The average molecular weight is 403 g/mol. The van der Waals surface area contributed by atoms with E-state index in [1.807, 2.05) is 12.1 Å². The first-order valence-corrected chi connectivity index (χ1v) is 11.7. The molecule has 0 aliphatic carbocycles. The zero-order valence-electron chi connectivity index (χ0n) is 18.8. The van der Waals surface area contributed by atoms with Crippen LogP contribution in [-0.2, 0) is 4.74 Å². The van der Waals surface area contributed by atoms with E-state index in [4.69, 9.17) is 4.74 Å². The third-order valence-electron chi connectivity index (χ3n) is 5.20. The second-order valence-corrected chi connectivity index (χ2v) is 7.80. The van der Waals surface area contributed by atoms with Crippen LogP contribution in [0.3, 0.4) is 0 Å². The predicted molar refractivity (Wildman–Crippen MR) is 123 cm³/mol. The molecule has 29 heavy (non-hydrogen) atoms. The molecule has 0 atom stereocenters. The quantitative estimate of drug-likeness (QED) is 0.142. The number of rotatable bonds is 18. The largest absolute Gasteiger partial charge is 0.494 e. The van der Waals surface area contributed by atoms with Gasteiger partial charge in [-0.05, 0) is 56.4 Å². The monoisotopic (exact) mass is 402 g/mol. The number of esters is 1. The maximum absolute atomic E-state index is 11.4. The van der Waals surface area contributed by atoms with E-state index in [0.29, 0.717) is 5.56 Å². The number of carbonyl (C=O) groups excluding carboxylic acids is 1. The van der Waals surface area contributed by atoms with Crippen LogP contribution in [0, 0.1) is 0 Å². The van der Waals surface area contributed by atoms with Gasteiger partial charge in [0.1, 0.15) is 5.75 Å². The van der Waals surface area contributed by atoms with Crippen molar-refractivity contribution in [3.63, 3.8) is 0 Å². The summed E-state index contributed by atoms with van der Waals surface area (Å²) in [7, 11) is 1.39. The second-order valence-electron chi connectivity index (χ2n) is 7.80. The van der Waals surface area contributed by atoms with Crippen LogP contribution < -0.4 is 4.74 Å². The molecule has 0 saturated carbocycles. The van der Waals surface area contributed by atoms with Crippen molar-refractivity contribution in [2.24, 2.45) is 0 Å². The van der Waals surface area contributed by atoms with Crippen LogP contribution >= 0.6 is 0 Å². The summed E-state index contributed by atoms with van der Waals surface area (Å²) >= 11 is 0. The lowest BCUT2D eigenvalue weighted by Gasteiger charge is -2.07. The Labute approximate surface area is 178 Å². The molecule has 0 aromatic heterocycles. The third kappa shape index (κ3) is 13.9. The number of unbranched alkanes of at least 4 members (excludes halogenated alkanes) is 12. The van der Waals surface area contributed by atoms with E-state index in [9.17, 15) is 4.79 Å². The van der Waals surface area contributed by atoms with Gasteiger partial charge in [-0.15, -0.1) is 0 Å². The number of ether oxygens (including phenoxy) is 2. The minimum absolute atomic E-state index is 0.315. The number of methoxy groups -OCH3 is 1. The third-order valence-corrected chi connectivity index (χ3v) is 5.20. The molecular weight excluding hydrogens is 360 g/mol. The lowest BCUT2D eigenvalue weighted by Crippen LogP contribution is -2.01. The van der Waals surface area contributed by atoms with E-state index in [2.05, 4.69) is 23.8 Å². The molecular formula is C26H42O3. The topological polar surface area (TPSA) is 35.5 Å². The minimum Gasteiger partial charge on any atom is -0.494 e. The highest BCUT2D eigenvalue weighted by atomic mass is 16.5. The summed E-state index contributed by atoms with van der Waals surface area (Å²) < 4.78 is 10.4. The first kappa shape index (κ1) is 25.3. The lowest BCUT2D eigenvalue weighted by atomic mass is 10.1. The molecule has 0 saturated heterocycles. The fraction of sp³-hybridized carbons (Fsp3) is 0.654. The number of carbonyl (C=O) groups is 1. The molecule has 164 valence electrons. The van der Waals surface area contributed by atoms with Crippen LogP contribution in [0.1, 0.15) is 107 Å². The van der Waals surface area contributed by atoms with E-state index in [1.165, 1.54) is 90.6 Å². The Balaban J connectivity index is 1.86. The molecule has 3 heteroatoms. The zero-order valence-corrected chi connectivity index (χ0v) is 18.8. The summed E-state index contributed by atoms with van der Waals surface area (Å²) in [5, 5.41) is 0. The Kier molecular flexibility index (Phi) is 15.9. The summed E-state index contributed by atoms with van der Waals surface area (Å²) in [5.41, 5.74) is 0.553. The molecule has 0 aliphatic rings. The van der Waals surface area contributed by atoms with Crippen LogP contribution in [0.4, 0.5) is 0 Å². The normalized spacial score (nSPS) is 11.1. The van der Waals surface area contributed by atoms with Crippen LogP contribution in [0.5, 0.6) is 5.75 Å². The highest BCUT2D eigenvalue weighted by Gasteiger charge is 2.04. The van der Waals surface area contributed by atoms with E-state index in [0.717, 1.165) is 18.8 Å². The van der Waals surface area contributed by atoms with Crippen LogP contribution in [0.25, 0.3) is 0 Å². The Morgan fingerprint density at radius 1 is 0.759 bits per heavy atom. The molecule has 3 nitrogen and oxygen atoms in total. The van der Waals surface area contributed by atoms with Gasteiger partial charge in [-0.25, -0.2) is 4.79 Å². The average Bonchev–Trinajstić information content (AvgIpc) is 2.75. The van der Waals surface area contributed by atoms with Crippen molar-refractivity contribution >= 4 is 5.97 Å². The number of hydrogen-bond acceptors (Lipinski definition) is 3. The van der Waals surface area contributed by atoms with Gasteiger partial charge in [-0.2, -0.15) is 0 Å². The molecule has 0 fully saturated rings. The number of allylic oxidation sites excluding steroid dienone is 2. The van der Waals surface area contributed by atoms with E-state index < -0.39 is 0 Å². The predicted octanol–water partition coefficient (Wildman–Crippen LogP) is 7.89. The molecule has 0 unspecified atom stereocenters. The molecule has 1 rings (SSSR count). The first-order valence-electron chi connectivity index (χ1n) is 11.7. The molecule has 0 amide bonds. The van der Waals surface area contributed by atoms with Gasteiger partial charge in [0.15, 0.2) is 0 Å². The minimum atomic E-state index is -0.315. The highest BCUT2D eigenvalue weighted by Crippen LogP contribution is 2.14. The van der Waals surface area contributed by atoms with Crippen molar-refractivity contribution in [1.82, 2.24) is 0 Å². The fourth-order valence-electron chi connectivity index (χ4n) is 3.34. The van der Waals surface area contributed by atoms with E-state index in [1.54, 1.807) is 12.1 Å².